The number of hydrogen-bond acceptors (Lipinski definition) is 4. The van der Waals surface area contributed by atoms with Gasteiger partial charge in [-0.2, -0.15) is 0 Å². The highest BCUT2D eigenvalue weighted by molar-refractivity contribution is 5.73. The summed E-state index contributed by atoms with van der Waals surface area (Å²) in [6.07, 6.45) is 3.54. The molecule has 5 N–H and O–H groups in total. The lowest BCUT2D eigenvalue weighted by atomic mass is 10.1. The third-order valence-corrected chi connectivity index (χ3v) is 2.45. The maximum absolute atomic E-state index is 10.9. The molecule has 0 aromatic heterocycles. The maximum atomic E-state index is 10.9. The van der Waals surface area contributed by atoms with Crippen molar-refractivity contribution in [1.82, 2.24) is 5.32 Å². The Balaban J connectivity index is 3.63. The summed E-state index contributed by atoms with van der Waals surface area (Å²) < 4.78 is 0. The minimum Gasteiger partial charge on any atom is -0.481 e. The van der Waals surface area contributed by atoms with Crippen molar-refractivity contribution < 1.29 is 19.8 Å². The number of aliphatic carboxylic acids is 2. The van der Waals surface area contributed by atoms with E-state index in [1.165, 1.54) is 0 Å². The molecule has 0 bridgehead atoms. The Bertz CT molecular complexity index is 234. The van der Waals surface area contributed by atoms with Gasteiger partial charge in [-0.05, 0) is 38.8 Å². The molecule has 0 amide bonds. The molecule has 0 aliphatic heterocycles. The van der Waals surface area contributed by atoms with Crippen LogP contribution >= 0.6 is 0 Å². The van der Waals surface area contributed by atoms with Gasteiger partial charge in [0.15, 0.2) is 0 Å². The van der Waals surface area contributed by atoms with Gasteiger partial charge in [-0.3, -0.25) is 9.59 Å². The summed E-state index contributed by atoms with van der Waals surface area (Å²) in [5.41, 5.74) is 5.34. The summed E-state index contributed by atoms with van der Waals surface area (Å²) >= 11 is 0. The van der Waals surface area contributed by atoms with E-state index >= 15 is 0 Å². The molecule has 0 saturated heterocycles. The summed E-state index contributed by atoms with van der Waals surface area (Å²) in [6, 6.07) is -0.550. The fourth-order valence-corrected chi connectivity index (χ4v) is 1.48. The minimum atomic E-state index is -0.861. The molecule has 0 heterocycles. The monoisotopic (exact) mass is 246 g/mol. The van der Waals surface area contributed by atoms with Crippen LogP contribution < -0.4 is 11.1 Å². The largest absolute Gasteiger partial charge is 0.481 e. The summed E-state index contributed by atoms with van der Waals surface area (Å²) in [5.74, 6) is -1.68. The molecule has 100 valence electrons. The van der Waals surface area contributed by atoms with Crippen molar-refractivity contribution in [2.24, 2.45) is 5.73 Å². The van der Waals surface area contributed by atoms with Crippen LogP contribution in [-0.4, -0.2) is 41.3 Å². The number of carboxylic acid groups (broad SMARTS) is 2. The Labute approximate surface area is 101 Å². The second-order valence-electron chi connectivity index (χ2n) is 3.98. The van der Waals surface area contributed by atoms with E-state index in [-0.39, 0.29) is 6.42 Å². The summed E-state index contributed by atoms with van der Waals surface area (Å²) in [6.45, 7) is 1.11. The standard InChI is InChI=1S/C11H22N2O4/c12-7-3-1-5-9(11(16)17)13-8-4-2-6-10(14)15/h9,13H,1-8,12H2,(H,14,15)(H,16,17). The Kier molecular flexibility index (Phi) is 9.37. The molecule has 0 radical (unpaired) electrons. The van der Waals surface area contributed by atoms with Gasteiger partial charge in [0.05, 0.1) is 0 Å². The van der Waals surface area contributed by atoms with Crippen LogP contribution in [0.2, 0.25) is 0 Å². The Morgan fingerprint density at radius 2 is 1.82 bits per heavy atom. The predicted octanol–water partition coefficient (Wildman–Crippen LogP) is 0.413. The van der Waals surface area contributed by atoms with Crippen molar-refractivity contribution in [2.45, 2.75) is 44.6 Å². The molecule has 1 unspecified atom stereocenters. The van der Waals surface area contributed by atoms with Crippen molar-refractivity contribution in [2.75, 3.05) is 13.1 Å². The Morgan fingerprint density at radius 1 is 1.12 bits per heavy atom. The first-order chi connectivity index (χ1) is 8.07. The molecule has 1 atom stereocenters. The maximum Gasteiger partial charge on any atom is 0.320 e. The number of nitrogens with two attached hydrogens (primary N) is 1. The molecular weight excluding hydrogens is 224 g/mol. The van der Waals surface area contributed by atoms with Crippen molar-refractivity contribution in [1.29, 1.82) is 0 Å². The van der Waals surface area contributed by atoms with Gasteiger partial charge in [-0.15, -0.1) is 0 Å². The van der Waals surface area contributed by atoms with Crippen LogP contribution in [0.4, 0.5) is 0 Å². The normalized spacial score (nSPS) is 12.3. The van der Waals surface area contributed by atoms with Gasteiger partial charge >= 0.3 is 11.9 Å². The smallest absolute Gasteiger partial charge is 0.320 e. The van der Waals surface area contributed by atoms with Crippen LogP contribution in [0.1, 0.15) is 38.5 Å². The first kappa shape index (κ1) is 15.9. The van der Waals surface area contributed by atoms with E-state index < -0.39 is 18.0 Å². The van der Waals surface area contributed by atoms with E-state index in [2.05, 4.69) is 5.32 Å². The average molecular weight is 246 g/mol. The lowest BCUT2D eigenvalue weighted by Crippen LogP contribution is -2.37. The molecule has 0 aliphatic carbocycles. The van der Waals surface area contributed by atoms with Gasteiger partial charge in [0, 0.05) is 6.42 Å². The van der Waals surface area contributed by atoms with E-state index in [4.69, 9.17) is 15.9 Å². The highest BCUT2D eigenvalue weighted by Crippen LogP contribution is 2.01. The van der Waals surface area contributed by atoms with Crippen LogP contribution in [-0.2, 0) is 9.59 Å². The van der Waals surface area contributed by atoms with Crippen molar-refractivity contribution in [3.63, 3.8) is 0 Å². The minimum absolute atomic E-state index is 0.132. The van der Waals surface area contributed by atoms with E-state index in [9.17, 15) is 9.59 Å². The van der Waals surface area contributed by atoms with Crippen molar-refractivity contribution in [3.05, 3.63) is 0 Å². The average Bonchev–Trinajstić information content (AvgIpc) is 2.25. The molecule has 17 heavy (non-hydrogen) atoms. The predicted molar refractivity (Wildman–Crippen MR) is 63.8 cm³/mol. The van der Waals surface area contributed by atoms with Crippen LogP contribution in [0.25, 0.3) is 0 Å². The third-order valence-electron chi connectivity index (χ3n) is 2.45. The SMILES string of the molecule is NCCCCC(NCCCCC(=O)O)C(=O)O. The molecule has 0 aromatic carbocycles. The molecule has 6 heteroatoms. The topological polar surface area (TPSA) is 113 Å². The fourth-order valence-electron chi connectivity index (χ4n) is 1.48. The molecule has 0 fully saturated rings. The fraction of sp³-hybridized carbons (Fsp3) is 0.818. The third kappa shape index (κ3) is 9.77. The van der Waals surface area contributed by atoms with E-state index in [0.717, 1.165) is 12.8 Å². The van der Waals surface area contributed by atoms with Crippen LogP contribution in [0.5, 0.6) is 0 Å². The first-order valence-corrected chi connectivity index (χ1v) is 5.96. The van der Waals surface area contributed by atoms with Crippen molar-refractivity contribution in [3.8, 4) is 0 Å². The van der Waals surface area contributed by atoms with Crippen LogP contribution in [0, 0.1) is 0 Å². The number of nitrogens with one attached hydrogen (secondary N) is 1. The molecular formula is C11H22N2O4. The van der Waals surface area contributed by atoms with E-state index in [1.54, 1.807) is 0 Å². The summed E-state index contributed by atoms with van der Waals surface area (Å²) in [4.78, 5) is 21.1. The van der Waals surface area contributed by atoms with E-state index in [0.29, 0.717) is 32.4 Å². The Hall–Kier alpha value is -1.14. The van der Waals surface area contributed by atoms with E-state index in [1.807, 2.05) is 0 Å². The molecule has 6 nitrogen and oxygen atoms in total. The molecule has 0 rings (SSSR count). The van der Waals surface area contributed by atoms with Gasteiger partial charge in [0.25, 0.3) is 0 Å². The number of hydrogen-bond donors (Lipinski definition) is 4. The van der Waals surface area contributed by atoms with Crippen LogP contribution in [0.3, 0.4) is 0 Å². The zero-order chi connectivity index (χ0) is 13.1. The highest BCUT2D eigenvalue weighted by atomic mass is 16.4. The first-order valence-electron chi connectivity index (χ1n) is 5.96. The second kappa shape index (κ2) is 10.0. The van der Waals surface area contributed by atoms with Gasteiger partial charge in [-0.25, -0.2) is 0 Å². The summed E-state index contributed by atoms with van der Waals surface area (Å²) in [5, 5.41) is 20.3. The zero-order valence-corrected chi connectivity index (χ0v) is 10.0. The summed E-state index contributed by atoms with van der Waals surface area (Å²) in [7, 11) is 0. The second-order valence-corrected chi connectivity index (χ2v) is 3.98. The lowest BCUT2D eigenvalue weighted by molar-refractivity contribution is -0.140. The number of rotatable bonds is 11. The van der Waals surface area contributed by atoms with Crippen molar-refractivity contribution >= 4 is 11.9 Å². The number of unbranched alkanes of at least 4 members (excludes halogenated alkanes) is 2. The number of carboxylic acids is 2. The molecule has 0 saturated carbocycles. The number of carbonyl (C=O) groups is 2. The van der Waals surface area contributed by atoms with Crippen LogP contribution in [0.15, 0.2) is 0 Å². The lowest BCUT2D eigenvalue weighted by Gasteiger charge is -2.13. The molecule has 0 aliphatic rings. The molecule has 0 spiro atoms. The van der Waals surface area contributed by atoms with Gasteiger partial charge < -0.3 is 21.3 Å². The zero-order valence-electron chi connectivity index (χ0n) is 10.0. The molecule has 0 aromatic rings. The quantitative estimate of drug-likeness (QED) is 0.393. The Morgan fingerprint density at radius 3 is 2.35 bits per heavy atom. The van der Waals surface area contributed by atoms with Gasteiger partial charge in [0.2, 0.25) is 0 Å². The highest BCUT2D eigenvalue weighted by Gasteiger charge is 2.15. The van der Waals surface area contributed by atoms with Gasteiger partial charge in [-0.1, -0.05) is 6.42 Å². The van der Waals surface area contributed by atoms with Gasteiger partial charge in [0.1, 0.15) is 6.04 Å².